The van der Waals surface area contributed by atoms with Crippen LogP contribution in [0.25, 0.3) is 0 Å². The Morgan fingerprint density at radius 3 is 2.68 bits per heavy atom. The van der Waals surface area contributed by atoms with E-state index in [1.807, 2.05) is 37.6 Å². The quantitative estimate of drug-likeness (QED) is 0.751. The average Bonchev–Trinajstić information content (AvgIpc) is 2.79. The first-order valence-electron chi connectivity index (χ1n) is 6.13. The molecule has 106 valence electrons. The van der Waals surface area contributed by atoms with Crippen LogP contribution in [0, 0.1) is 0 Å². The number of thiophene rings is 1. The van der Waals surface area contributed by atoms with E-state index in [4.69, 9.17) is 5.11 Å². The minimum absolute atomic E-state index is 0.0351. The first-order chi connectivity index (χ1) is 8.80. The van der Waals surface area contributed by atoms with Crippen molar-refractivity contribution in [3.8, 4) is 0 Å². The van der Waals surface area contributed by atoms with Gasteiger partial charge in [-0.15, -0.1) is 0 Å². The number of nitrogens with one attached hydrogen (secondary N) is 2. The summed E-state index contributed by atoms with van der Waals surface area (Å²) in [5, 5.41) is 18.2. The summed E-state index contributed by atoms with van der Waals surface area (Å²) in [7, 11) is 0. The Kier molecular flexibility index (Phi) is 5.35. The Morgan fingerprint density at radius 1 is 1.47 bits per heavy atom. The van der Waals surface area contributed by atoms with Gasteiger partial charge >= 0.3 is 12.0 Å². The van der Waals surface area contributed by atoms with Crippen molar-refractivity contribution < 1.29 is 14.7 Å². The molecule has 0 aliphatic heterocycles. The number of rotatable bonds is 6. The lowest BCUT2D eigenvalue weighted by molar-refractivity contribution is -0.137. The van der Waals surface area contributed by atoms with Crippen LogP contribution in [0.1, 0.15) is 45.2 Å². The lowest BCUT2D eigenvalue weighted by Gasteiger charge is -2.26. The number of hydrogen-bond donors (Lipinski definition) is 3. The van der Waals surface area contributed by atoms with Crippen molar-refractivity contribution in [2.45, 2.75) is 45.2 Å². The molecule has 0 aromatic carbocycles. The summed E-state index contributed by atoms with van der Waals surface area (Å²) < 4.78 is 0. The van der Waals surface area contributed by atoms with E-state index in [1.165, 1.54) is 0 Å². The van der Waals surface area contributed by atoms with Gasteiger partial charge in [0, 0.05) is 12.0 Å². The molecule has 3 N–H and O–H groups in total. The van der Waals surface area contributed by atoms with Crippen molar-refractivity contribution in [2.75, 3.05) is 0 Å². The van der Waals surface area contributed by atoms with E-state index >= 15 is 0 Å². The first-order valence-corrected chi connectivity index (χ1v) is 7.07. The van der Waals surface area contributed by atoms with Gasteiger partial charge in [-0.1, -0.05) is 0 Å². The van der Waals surface area contributed by atoms with E-state index in [-0.39, 0.29) is 18.5 Å². The SMILES string of the molecule is CC(NC(=O)NC(C)(C)CCC(=O)O)c1ccsc1. The number of urea groups is 1. The highest BCUT2D eigenvalue weighted by atomic mass is 32.1. The zero-order valence-electron chi connectivity index (χ0n) is 11.4. The summed E-state index contributed by atoms with van der Waals surface area (Å²) in [5.74, 6) is -0.859. The molecule has 0 saturated carbocycles. The van der Waals surface area contributed by atoms with E-state index in [2.05, 4.69) is 10.6 Å². The van der Waals surface area contributed by atoms with Crippen molar-refractivity contribution in [1.82, 2.24) is 10.6 Å². The van der Waals surface area contributed by atoms with E-state index in [1.54, 1.807) is 11.3 Å². The van der Waals surface area contributed by atoms with E-state index in [0.717, 1.165) is 5.56 Å². The normalized spacial score (nSPS) is 12.8. The van der Waals surface area contributed by atoms with Crippen LogP contribution >= 0.6 is 11.3 Å². The predicted molar refractivity (Wildman–Crippen MR) is 75.4 cm³/mol. The maximum absolute atomic E-state index is 11.8. The molecule has 19 heavy (non-hydrogen) atoms. The molecule has 1 rings (SSSR count). The first kappa shape index (κ1) is 15.5. The number of carboxylic acid groups (broad SMARTS) is 1. The maximum atomic E-state index is 11.8. The van der Waals surface area contributed by atoms with Crippen LogP contribution in [0.4, 0.5) is 4.79 Å². The van der Waals surface area contributed by atoms with Crippen LogP contribution in [-0.4, -0.2) is 22.6 Å². The summed E-state index contributed by atoms with van der Waals surface area (Å²) in [4.78, 5) is 22.4. The fourth-order valence-electron chi connectivity index (χ4n) is 1.63. The molecule has 6 heteroatoms. The van der Waals surface area contributed by atoms with Crippen LogP contribution in [0.2, 0.25) is 0 Å². The Bertz CT molecular complexity index is 429. The maximum Gasteiger partial charge on any atom is 0.315 e. The summed E-state index contributed by atoms with van der Waals surface area (Å²) in [6, 6.07) is 1.61. The average molecular weight is 284 g/mol. The summed E-state index contributed by atoms with van der Waals surface area (Å²) in [5.41, 5.74) is 0.514. The molecule has 0 aliphatic carbocycles. The molecular formula is C13H20N2O3S. The number of aliphatic carboxylic acids is 1. The van der Waals surface area contributed by atoms with Crippen LogP contribution < -0.4 is 10.6 Å². The van der Waals surface area contributed by atoms with Gasteiger partial charge in [-0.05, 0) is 49.6 Å². The van der Waals surface area contributed by atoms with Crippen molar-refractivity contribution in [2.24, 2.45) is 0 Å². The Balaban J connectivity index is 2.43. The summed E-state index contributed by atoms with van der Waals surface area (Å²) >= 11 is 1.58. The van der Waals surface area contributed by atoms with Crippen LogP contribution in [0.3, 0.4) is 0 Å². The Labute approximate surface area is 117 Å². The second-order valence-electron chi connectivity index (χ2n) is 5.15. The molecule has 1 heterocycles. The van der Waals surface area contributed by atoms with Crippen molar-refractivity contribution in [3.05, 3.63) is 22.4 Å². The van der Waals surface area contributed by atoms with Gasteiger partial charge in [-0.2, -0.15) is 11.3 Å². The van der Waals surface area contributed by atoms with E-state index in [9.17, 15) is 9.59 Å². The van der Waals surface area contributed by atoms with Crippen LogP contribution in [-0.2, 0) is 4.79 Å². The number of hydrogen-bond acceptors (Lipinski definition) is 3. The molecule has 0 aliphatic rings. The molecule has 2 amide bonds. The topological polar surface area (TPSA) is 78.4 Å². The second-order valence-corrected chi connectivity index (χ2v) is 5.93. The highest BCUT2D eigenvalue weighted by Gasteiger charge is 2.22. The molecule has 5 nitrogen and oxygen atoms in total. The molecule has 0 bridgehead atoms. The second kappa shape index (κ2) is 6.56. The zero-order chi connectivity index (χ0) is 14.5. The minimum Gasteiger partial charge on any atom is -0.481 e. The lowest BCUT2D eigenvalue weighted by Crippen LogP contribution is -2.49. The van der Waals surface area contributed by atoms with Gasteiger partial charge in [-0.25, -0.2) is 4.79 Å². The monoisotopic (exact) mass is 284 g/mol. The molecule has 1 atom stereocenters. The number of carbonyl (C=O) groups is 2. The van der Waals surface area contributed by atoms with Crippen molar-refractivity contribution >= 4 is 23.3 Å². The third-order valence-corrected chi connectivity index (χ3v) is 3.51. The lowest BCUT2D eigenvalue weighted by atomic mass is 9.99. The molecule has 1 aromatic heterocycles. The van der Waals surface area contributed by atoms with Crippen LogP contribution in [0.5, 0.6) is 0 Å². The largest absolute Gasteiger partial charge is 0.481 e. The third-order valence-electron chi connectivity index (χ3n) is 2.81. The summed E-state index contributed by atoms with van der Waals surface area (Å²) in [6.45, 7) is 5.53. The molecule has 0 fully saturated rings. The third kappa shape index (κ3) is 5.74. The number of carboxylic acids is 1. The standard InChI is InChI=1S/C13H20N2O3S/c1-9(10-5-7-19-8-10)14-12(18)15-13(2,3)6-4-11(16)17/h5,7-9H,4,6H2,1-3H3,(H,16,17)(H2,14,15,18). The van der Waals surface area contributed by atoms with Gasteiger partial charge in [-0.3, -0.25) is 4.79 Å². The van der Waals surface area contributed by atoms with Crippen LogP contribution in [0.15, 0.2) is 16.8 Å². The fraction of sp³-hybridized carbons (Fsp3) is 0.538. The molecule has 0 radical (unpaired) electrons. The molecule has 1 unspecified atom stereocenters. The highest BCUT2D eigenvalue weighted by molar-refractivity contribution is 7.07. The Hall–Kier alpha value is -1.56. The van der Waals surface area contributed by atoms with Gasteiger partial charge in [0.15, 0.2) is 0 Å². The molecule has 1 aromatic rings. The van der Waals surface area contributed by atoms with Gasteiger partial charge in [0.1, 0.15) is 0 Å². The minimum atomic E-state index is -0.859. The predicted octanol–water partition coefficient (Wildman–Crippen LogP) is 2.75. The Morgan fingerprint density at radius 2 is 2.16 bits per heavy atom. The van der Waals surface area contributed by atoms with Gasteiger partial charge < -0.3 is 15.7 Å². The van der Waals surface area contributed by atoms with E-state index < -0.39 is 11.5 Å². The molecule has 0 spiro atoms. The zero-order valence-corrected chi connectivity index (χ0v) is 12.2. The number of amides is 2. The smallest absolute Gasteiger partial charge is 0.315 e. The van der Waals surface area contributed by atoms with Crippen molar-refractivity contribution in [1.29, 1.82) is 0 Å². The van der Waals surface area contributed by atoms with E-state index in [0.29, 0.717) is 6.42 Å². The highest BCUT2D eigenvalue weighted by Crippen LogP contribution is 2.16. The van der Waals surface area contributed by atoms with Gasteiger partial charge in [0.2, 0.25) is 0 Å². The van der Waals surface area contributed by atoms with Gasteiger partial charge in [0.05, 0.1) is 6.04 Å². The molecular weight excluding hydrogens is 264 g/mol. The van der Waals surface area contributed by atoms with Crippen molar-refractivity contribution in [3.63, 3.8) is 0 Å². The van der Waals surface area contributed by atoms with Gasteiger partial charge in [0.25, 0.3) is 0 Å². The fourth-order valence-corrected chi connectivity index (χ4v) is 2.38. The summed E-state index contributed by atoms with van der Waals surface area (Å²) in [6.07, 6.45) is 0.427. The number of carbonyl (C=O) groups excluding carboxylic acids is 1. The molecule has 0 saturated heterocycles.